The molecule has 0 aromatic carbocycles. The second-order valence-corrected chi connectivity index (χ2v) is 2.72. The van der Waals surface area contributed by atoms with Gasteiger partial charge < -0.3 is 0 Å². The zero-order chi connectivity index (χ0) is 8.43. The van der Waals surface area contributed by atoms with E-state index in [1.54, 1.807) is 0 Å². The molecule has 0 unspecified atom stereocenters. The fourth-order valence-electron chi connectivity index (χ4n) is 1.17. The number of allylic oxidation sites excluding steroid dienone is 1. The second-order valence-electron chi connectivity index (χ2n) is 2.72. The zero-order valence-corrected chi connectivity index (χ0v) is 7.55. The Balaban J connectivity index is 3.22. The smallest absolute Gasteiger partial charge is 0.0635 e. The maximum atomic E-state index is 4.29. The van der Waals surface area contributed by atoms with E-state index < -0.39 is 0 Å². The Labute approximate surface area is 67.5 Å². The van der Waals surface area contributed by atoms with Crippen LogP contribution in [0.4, 0.5) is 0 Å². The van der Waals surface area contributed by atoms with E-state index in [0.717, 1.165) is 5.69 Å². The lowest BCUT2D eigenvalue weighted by molar-refractivity contribution is 0.749. The normalized spacial score (nSPS) is 11.3. The van der Waals surface area contributed by atoms with Gasteiger partial charge in [0, 0.05) is 7.05 Å². The fraction of sp³-hybridized carbons (Fsp3) is 0.444. The summed E-state index contributed by atoms with van der Waals surface area (Å²) in [4.78, 5) is 0. The molecule has 0 spiro atoms. The Kier molecular flexibility index (Phi) is 2.13. The van der Waals surface area contributed by atoms with Crippen LogP contribution in [-0.2, 0) is 7.05 Å². The first-order chi connectivity index (χ1) is 5.16. The number of hydrogen-bond donors (Lipinski definition) is 0. The van der Waals surface area contributed by atoms with Gasteiger partial charge in [0.25, 0.3) is 0 Å². The predicted octanol–water partition coefficient (Wildman–Crippen LogP) is 2.07. The third-order valence-electron chi connectivity index (χ3n) is 1.90. The third-order valence-corrected chi connectivity index (χ3v) is 1.90. The molecule has 0 aliphatic rings. The van der Waals surface area contributed by atoms with Crippen molar-refractivity contribution in [1.82, 2.24) is 9.78 Å². The monoisotopic (exact) mass is 150 g/mol. The summed E-state index contributed by atoms with van der Waals surface area (Å²) in [5.41, 5.74) is 3.58. The Bertz CT molecular complexity index is 282. The van der Waals surface area contributed by atoms with Crippen LogP contribution in [0.2, 0.25) is 0 Å². The molecular weight excluding hydrogens is 136 g/mol. The SMILES string of the molecule is CC=Cc1c(C)c(C)nn1C. The van der Waals surface area contributed by atoms with E-state index in [0.29, 0.717) is 0 Å². The number of aromatic nitrogens is 2. The Hall–Kier alpha value is -1.05. The van der Waals surface area contributed by atoms with Gasteiger partial charge >= 0.3 is 0 Å². The maximum Gasteiger partial charge on any atom is 0.0635 e. The Morgan fingerprint density at radius 2 is 2.00 bits per heavy atom. The Morgan fingerprint density at radius 3 is 2.36 bits per heavy atom. The van der Waals surface area contributed by atoms with Gasteiger partial charge in [0.1, 0.15) is 0 Å². The largest absolute Gasteiger partial charge is 0.268 e. The summed E-state index contributed by atoms with van der Waals surface area (Å²) in [7, 11) is 1.97. The van der Waals surface area contributed by atoms with Gasteiger partial charge in [0.05, 0.1) is 11.4 Å². The van der Waals surface area contributed by atoms with Gasteiger partial charge in [-0.3, -0.25) is 4.68 Å². The Morgan fingerprint density at radius 1 is 1.36 bits per heavy atom. The minimum absolute atomic E-state index is 1.11. The maximum absolute atomic E-state index is 4.29. The van der Waals surface area contributed by atoms with Gasteiger partial charge in [-0.2, -0.15) is 5.10 Å². The average Bonchev–Trinajstić information content (AvgIpc) is 2.17. The van der Waals surface area contributed by atoms with Crippen LogP contribution in [0.3, 0.4) is 0 Å². The predicted molar refractivity (Wildman–Crippen MR) is 47.4 cm³/mol. The molecule has 0 radical (unpaired) electrons. The van der Waals surface area contributed by atoms with Gasteiger partial charge in [0.2, 0.25) is 0 Å². The van der Waals surface area contributed by atoms with Gasteiger partial charge in [0.15, 0.2) is 0 Å². The number of nitrogens with zero attached hydrogens (tertiary/aromatic N) is 2. The molecule has 2 nitrogen and oxygen atoms in total. The standard InChI is InChI=1S/C9H14N2/c1-5-6-9-7(2)8(3)10-11(9)4/h5-6H,1-4H3. The van der Waals surface area contributed by atoms with Crippen molar-refractivity contribution in [3.05, 3.63) is 23.0 Å². The number of hydrogen-bond acceptors (Lipinski definition) is 1. The first kappa shape index (κ1) is 8.05. The molecular formula is C9H14N2. The van der Waals surface area contributed by atoms with Crippen molar-refractivity contribution < 1.29 is 0 Å². The van der Waals surface area contributed by atoms with Crippen LogP contribution in [-0.4, -0.2) is 9.78 Å². The van der Waals surface area contributed by atoms with Gasteiger partial charge in [-0.25, -0.2) is 0 Å². The van der Waals surface area contributed by atoms with E-state index in [1.807, 2.05) is 31.7 Å². The molecule has 0 aliphatic carbocycles. The molecule has 11 heavy (non-hydrogen) atoms. The van der Waals surface area contributed by atoms with Crippen molar-refractivity contribution in [3.8, 4) is 0 Å². The van der Waals surface area contributed by atoms with E-state index >= 15 is 0 Å². The number of aryl methyl sites for hydroxylation is 2. The summed E-state index contributed by atoms with van der Waals surface area (Å²) in [6.07, 6.45) is 4.11. The summed E-state index contributed by atoms with van der Waals surface area (Å²) in [6, 6.07) is 0. The van der Waals surface area contributed by atoms with E-state index in [4.69, 9.17) is 0 Å². The second kappa shape index (κ2) is 2.91. The van der Waals surface area contributed by atoms with Crippen LogP contribution >= 0.6 is 0 Å². The first-order valence-electron chi connectivity index (χ1n) is 3.79. The van der Waals surface area contributed by atoms with Gasteiger partial charge in [-0.1, -0.05) is 6.08 Å². The molecule has 1 heterocycles. The fourth-order valence-corrected chi connectivity index (χ4v) is 1.17. The van der Waals surface area contributed by atoms with Crippen LogP contribution in [0.1, 0.15) is 23.9 Å². The molecule has 0 saturated carbocycles. The highest BCUT2D eigenvalue weighted by Crippen LogP contribution is 2.12. The lowest BCUT2D eigenvalue weighted by Crippen LogP contribution is -1.92. The van der Waals surface area contributed by atoms with Crippen molar-refractivity contribution in [2.24, 2.45) is 7.05 Å². The molecule has 0 saturated heterocycles. The summed E-state index contributed by atoms with van der Waals surface area (Å²) >= 11 is 0. The molecule has 0 atom stereocenters. The van der Waals surface area contributed by atoms with Crippen molar-refractivity contribution in [2.45, 2.75) is 20.8 Å². The van der Waals surface area contributed by atoms with Crippen LogP contribution in [0, 0.1) is 13.8 Å². The minimum Gasteiger partial charge on any atom is -0.268 e. The highest BCUT2D eigenvalue weighted by atomic mass is 15.3. The van der Waals surface area contributed by atoms with Crippen LogP contribution in [0.15, 0.2) is 6.08 Å². The highest BCUT2D eigenvalue weighted by Gasteiger charge is 2.03. The average molecular weight is 150 g/mol. The molecule has 2 heteroatoms. The molecule has 60 valence electrons. The summed E-state index contributed by atoms with van der Waals surface area (Å²) in [5, 5.41) is 4.29. The van der Waals surface area contributed by atoms with Gasteiger partial charge in [-0.15, -0.1) is 0 Å². The van der Waals surface area contributed by atoms with Crippen molar-refractivity contribution >= 4 is 6.08 Å². The molecule has 0 amide bonds. The molecule has 0 fully saturated rings. The summed E-state index contributed by atoms with van der Waals surface area (Å²) < 4.78 is 1.91. The van der Waals surface area contributed by atoms with E-state index in [2.05, 4.69) is 18.1 Å². The van der Waals surface area contributed by atoms with Crippen LogP contribution < -0.4 is 0 Å². The van der Waals surface area contributed by atoms with E-state index in [9.17, 15) is 0 Å². The van der Waals surface area contributed by atoms with Crippen molar-refractivity contribution in [1.29, 1.82) is 0 Å². The zero-order valence-electron chi connectivity index (χ0n) is 7.55. The lowest BCUT2D eigenvalue weighted by Gasteiger charge is -1.94. The van der Waals surface area contributed by atoms with E-state index in [1.165, 1.54) is 11.3 Å². The molecule has 0 N–H and O–H groups in total. The molecule has 1 aromatic heterocycles. The quantitative estimate of drug-likeness (QED) is 0.599. The third kappa shape index (κ3) is 1.34. The van der Waals surface area contributed by atoms with Crippen molar-refractivity contribution in [2.75, 3.05) is 0 Å². The van der Waals surface area contributed by atoms with E-state index in [-0.39, 0.29) is 0 Å². The van der Waals surface area contributed by atoms with Gasteiger partial charge in [-0.05, 0) is 32.4 Å². The first-order valence-corrected chi connectivity index (χ1v) is 3.79. The molecule has 0 bridgehead atoms. The van der Waals surface area contributed by atoms with Crippen LogP contribution in [0.25, 0.3) is 6.08 Å². The molecule has 1 rings (SSSR count). The number of rotatable bonds is 1. The van der Waals surface area contributed by atoms with Crippen molar-refractivity contribution in [3.63, 3.8) is 0 Å². The lowest BCUT2D eigenvalue weighted by atomic mass is 10.2. The summed E-state index contributed by atoms with van der Waals surface area (Å²) in [6.45, 7) is 6.14. The molecule has 0 aliphatic heterocycles. The topological polar surface area (TPSA) is 17.8 Å². The highest BCUT2D eigenvalue weighted by molar-refractivity contribution is 5.50. The minimum atomic E-state index is 1.11. The molecule has 1 aromatic rings. The summed E-state index contributed by atoms with van der Waals surface area (Å²) in [5.74, 6) is 0. The van der Waals surface area contributed by atoms with Crippen LogP contribution in [0.5, 0.6) is 0 Å².